The Labute approximate surface area is 286 Å². The van der Waals surface area contributed by atoms with Crippen molar-refractivity contribution in [3.8, 4) is 16.9 Å². The number of hydrogen-bond donors (Lipinski definition) is 1. The number of hydrazine groups is 1. The maximum absolute atomic E-state index is 13.5. The van der Waals surface area contributed by atoms with Gasteiger partial charge in [-0.25, -0.2) is 17.8 Å². The number of amides is 1. The monoisotopic (exact) mass is 726 g/mol. The second kappa shape index (κ2) is 16.0. The Hall–Kier alpha value is -5.20. The Bertz CT molecular complexity index is 1800. The molecule has 0 bridgehead atoms. The van der Waals surface area contributed by atoms with Crippen molar-refractivity contribution < 1.29 is 55.3 Å². The molecule has 0 spiro atoms. The van der Waals surface area contributed by atoms with E-state index in [0.29, 0.717) is 5.56 Å². The van der Waals surface area contributed by atoms with Crippen molar-refractivity contribution in [3.63, 3.8) is 0 Å². The summed E-state index contributed by atoms with van der Waals surface area (Å²) in [5.41, 5.74) is -0.319. The lowest BCUT2D eigenvalue weighted by Crippen LogP contribution is -2.32. The summed E-state index contributed by atoms with van der Waals surface area (Å²) in [6.45, 7) is 7.67. The quantitative estimate of drug-likeness (QED) is 0.0801. The summed E-state index contributed by atoms with van der Waals surface area (Å²) in [4.78, 5) is 40.8. The van der Waals surface area contributed by atoms with Crippen LogP contribution in [0.25, 0.3) is 16.9 Å². The number of aromatic nitrogens is 2. The van der Waals surface area contributed by atoms with Gasteiger partial charge in [-0.05, 0) is 58.0 Å². The molecular weight excluding hydrogens is 689 g/mol. The fraction of sp³-hybridized carbons (Fsp3) is 0.419. The number of hydrogen-bond acceptors (Lipinski definition) is 11. The third-order valence-corrected chi connectivity index (χ3v) is 8.05. The van der Waals surface area contributed by atoms with E-state index in [0.717, 1.165) is 33.5 Å². The molecule has 15 nitrogen and oxygen atoms in total. The number of halogens is 3. The molecule has 2 aromatic carbocycles. The second-order valence-electron chi connectivity index (χ2n) is 12.0. The molecule has 1 amide bonds. The van der Waals surface area contributed by atoms with Crippen LogP contribution >= 0.6 is 0 Å². The Morgan fingerprint density at radius 3 is 2.26 bits per heavy atom. The van der Waals surface area contributed by atoms with Crippen LogP contribution < -0.4 is 4.72 Å². The van der Waals surface area contributed by atoms with Gasteiger partial charge in [0.1, 0.15) is 13.2 Å². The summed E-state index contributed by atoms with van der Waals surface area (Å²) in [5, 5.41) is 19.9. The zero-order chi connectivity index (χ0) is 37.4. The van der Waals surface area contributed by atoms with Gasteiger partial charge in [0.15, 0.2) is 5.69 Å². The number of likely N-dealkylation sites (N-methyl/N-ethyl adjacent to an activating group) is 1. The molecule has 1 heterocycles. The zero-order valence-corrected chi connectivity index (χ0v) is 28.9. The number of nitrogens with one attached hydrogen (secondary N) is 1. The average molecular weight is 727 g/mol. The molecule has 0 radical (unpaired) electrons. The van der Waals surface area contributed by atoms with Gasteiger partial charge in [0.2, 0.25) is 11.2 Å². The van der Waals surface area contributed by atoms with Gasteiger partial charge in [-0.15, -0.1) is 5.01 Å². The largest absolute Gasteiger partial charge is 0.569 e. The fourth-order valence-electron chi connectivity index (χ4n) is 3.86. The van der Waals surface area contributed by atoms with Crippen LogP contribution in [0.15, 0.2) is 64.8 Å². The molecule has 0 aliphatic carbocycles. The number of carbonyl (C=O) groups is 3. The lowest BCUT2D eigenvalue weighted by Gasteiger charge is -2.19. The van der Waals surface area contributed by atoms with Crippen molar-refractivity contribution in [2.24, 2.45) is 10.7 Å². The average Bonchev–Trinajstić information content (AvgIpc) is 3.49. The number of ether oxygens (including phenoxy) is 2. The van der Waals surface area contributed by atoms with E-state index in [4.69, 9.17) is 14.3 Å². The number of alkyl halides is 3. The maximum atomic E-state index is 13.5. The first-order valence-corrected chi connectivity index (χ1v) is 16.5. The molecule has 3 rings (SSSR count). The standard InChI is InChI=1S/C31H37F3N6O9S/c1-20-7-9-22(10-8-20)25-19-26(31(32,33)34)35-39(25)23-11-13-24(14-12-23)50(45,46)36-27(41)15-16-28(42)47-18-17-38(6)40(44)37-49-21(2)48-29(43)30(3,4)5/h7-14,19,21H,15-18H2,1-6H3,(H,36,41)/b40-37-. The van der Waals surface area contributed by atoms with Gasteiger partial charge in [0.25, 0.3) is 16.3 Å². The van der Waals surface area contributed by atoms with Crippen molar-refractivity contribution in [1.29, 1.82) is 0 Å². The highest BCUT2D eigenvalue weighted by Crippen LogP contribution is 2.33. The molecule has 19 heteroatoms. The third-order valence-electron chi connectivity index (χ3n) is 6.66. The van der Waals surface area contributed by atoms with Gasteiger partial charge in [0.05, 0.1) is 40.1 Å². The number of carbonyl (C=O) groups excluding carboxylic acids is 3. The molecule has 0 saturated heterocycles. The van der Waals surface area contributed by atoms with Crippen molar-refractivity contribution >= 4 is 27.9 Å². The number of nitrogens with zero attached hydrogens (tertiary/aromatic N) is 5. The van der Waals surface area contributed by atoms with Crippen LogP contribution in [0.4, 0.5) is 13.2 Å². The van der Waals surface area contributed by atoms with Crippen molar-refractivity contribution in [1.82, 2.24) is 19.5 Å². The summed E-state index contributed by atoms with van der Waals surface area (Å²) in [6.07, 6.45) is -6.91. The molecule has 1 aromatic heterocycles. The van der Waals surface area contributed by atoms with Crippen LogP contribution in [0.1, 0.15) is 51.8 Å². The Morgan fingerprint density at radius 1 is 1.06 bits per heavy atom. The molecule has 1 unspecified atom stereocenters. The Balaban J connectivity index is 1.52. The normalized spacial score (nSPS) is 12.9. The molecule has 0 aliphatic heterocycles. The van der Waals surface area contributed by atoms with Crippen LogP contribution in [0.5, 0.6) is 0 Å². The van der Waals surface area contributed by atoms with E-state index < -0.39 is 64.3 Å². The van der Waals surface area contributed by atoms with Gasteiger partial charge in [-0.3, -0.25) is 19.2 Å². The lowest BCUT2D eigenvalue weighted by molar-refractivity contribution is -0.707. The Morgan fingerprint density at radius 2 is 1.68 bits per heavy atom. The smallest absolute Gasteiger partial charge is 0.435 e. The lowest BCUT2D eigenvalue weighted by atomic mass is 9.97. The molecule has 1 atom stereocenters. The number of esters is 2. The first-order valence-electron chi connectivity index (χ1n) is 15.0. The number of sulfonamides is 1. The van der Waals surface area contributed by atoms with E-state index >= 15 is 0 Å². The second-order valence-corrected chi connectivity index (χ2v) is 13.7. The summed E-state index contributed by atoms with van der Waals surface area (Å²) in [7, 11) is -3.11. The maximum Gasteiger partial charge on any atom is 0.435 e. The highest BCUT2D eigenvalue weighted by atomic mass is 32.2. The number of aryl methyl sites for hydroxylation is 1. The van der Waals surface area contributed by atoms with E-state index in [9.17, 15) is 41.2 Å². The Kier molecular flexibility index (Phi) is 12.6. The minimum atomic E-state index is -4.73. The fourth-order valence-corrected chi connectivity index (χ4v) is 4.87. The molecule has 0 saturated carbocycles. The molecule has 272 valence electrons. The summed E-state index contributed by atoms with van der Waals surface area (Å²) in [5.74, 6) is -2.44. The third kappa shape index (κ3) is 11.2. The van der Waals surface area contributed by atoms with Crippen molar-refractivity contribution in [3.05, 3.63) is 71.1 Å². The minimum Gasteiger partial charge on any atom is -0.569 e. The minimum absolute atomic E-state index is 0.0396. The predicted molar refractivity (Wildman–Crippen MR) is 169 cm³/mol. The molecule has 1 N–H and O–H groups in total. The van der Waals surface area contributed by atoms with Gasteiger partial charge in [0, 0.05) is 18.9 Å². The topological polar surface area (TPSA) is 185 Å². The zero-order valence-electron chi connectivity index (χ0n) is 28.1. The van der Waals surface area contributed by atoms with Gasteiger partial charge in [-0.2, -0.15) is 18.3 Å². The van der Waals surface area contributed by atoms with E-state index in [1.807, 2.05) is 11.6 Å². The highest BCUT2D eigenvalue weighted by Gasteiger charge is 2.35. The first kappa shape index (κ1) is 39.2. The summed E-state index contributed by atoms with van der Waals surface area (Å²) < 4.78 is 78.9. The van der Waals surface area contributed by atoms with Crippen LogP contribution in [0, 0.1) is 17.5 Å². The van der Waals surface area contributed by atoms with Crippen molar-refractivity contribution in [2.45, 2.75) is 64.8 Å². The SMILES string of the molecule is Cc1ccc(-c2cc(C(F)(F)F)nn2-c2ccc(S(=O)(=O)NC(=O)CCC(=O)OCCN(C)/[N+]([O-])=N/OC(C)OC(=O)C(C)(C)C)cc2)cc1. The number of rotatable bonds is 14. The van der Waals surface area contributed by atoms with Gasteiger partial charge >= 0.3 is 18.1 Å². The van der Waals surface area contributed by atoms with Crippen LogP contribution in [0.2, 0.25) is 0 Å². The highest BCUT2D eigenvalue weighted by molar-refractivity contribution is 7.90. The van der Waals surface area contributed by atoms with Gasteiger partial charge in [-0.1, -0.05) is 29.8 Å². The van der Waals surface area contributed by atoms with Gasteiger partial charge < -0.3 is 14.7 Å². The molecule has 0 aliphatic rings. The first-order chi connectivity index (χ1) is 23.2. The van der Waals surface area contributed by atoms with E-state index in [1.54, 1.807) is 45.0 Å². The van der Waals surface area contributed by atoms with Crippen LogP contribution in [0.3, 0.4) is 0 Å². The van der Waals surface area contributed by atoms with Crippen molar-refractivity contribution in [2.75, 3.05) is 20.2 Å². The summed E-state index contributed by atoms with van der Waals surface area (Å²) in [6, 6.07) is 12.3. The van der Waals surface area contributed by atoms with E-state index in [1.165, 1.54) is 26.1 Å². The summed E-state index contributed by atoms with van der Waals surface area (Å²) >= 11 is 0. The molecular formula is C31H37F3N6O9S. The van der Waals surface area contributed by atoms with E-state index in [2.05, 4.69) is 10.4 Å². The van der Waals surface area contributed by atoms with Crippen LogP contribution in [-0.2, 0) is 44.9 Å². The predicted octanol–water partition coefficient (Wildman–Crippen LogP) is 4.67. The number of benzene rings is 2. The molecule has 50 heavy (non-hydrogen) atoms. The van der Waals surface area contributed by atoms with E-state index in [-0.39, 0.29) is 34.4 Å². The molecule has 0 fully saturated rings. The molecule has 3 aromatic rings. The van der Waals surface area contributed by atoms with Crippen LogP contribution in [-0.4, -0.2) is 72.5 Å².